The maximum Gasteiger partial charge on any atom is 0.190 e. The van der Waals surface area contributed by atoms with Crippen molar-refractivity contribution in [2.75, 3.05) is 13.7 Å². The van der Waals surface area contributed by atoms with Crippen LogP contribution in [0.2, 0.25) is 0 Å². The van der Waals surface area contributed by atoms with Crippen molar-refractivity contribution in [3.05, 3.63) is 11.6 Å². The summed E-state index contributed by atoms with van der Waals surface area (Å²) in [6.07, 6.45) is 6.53. The first-order valence-corrected chi connectivity index (χ1v) is 10.3. The van der Waals surface area contributed by atoms with E-state index in [4.69, 9.17) is 4.74 Å². The van der Waals surface area contributed by atoms with Gasteiger partial charge in [-0.15, -0.1) is 0 Å². The largest absolute Gasteiger partial charge is 0.393 e. The van der Waals surface area contributed by atoms with E-state index in [1.54, 1.807) is 7.11 Å². The molecule has 4 aliphatic carbocycles. The summed E-state index contributed by atoms with van der Waals surface area (Å²) in [5.41, 5.74) is -0.385. The van der Waals surface area contributed by atoms with Crippen molar-refractivity contribution in [2.45, 2.75) is 70.5 Å². The number of hydrogen-bond acceptors (Lipinski definition) is 5. The van der Waals surface area contributed by atoms with Crippen molar-refractivity contribution in [1.29, 1.82) is 0 Å². The molecule has 5 nitrogen and oxygen atoms in total. The molecular formula is C22H32O5. The fourth-order valence-corrected chi connectivity index (χ4v) is 7.71. The Balaban J connectivity index is 1.75. The van der Waals surface area contributed by atoms with E-state index in [1.165, 1.54) is 5.57 Å². The topological polar surface area (TPSA) is 83.8 Å². The fraction of sp³-hybridized carbons (Fsp3) is 0.818. The summed E-state index contributed by atoms with van der Waals surface area (Å²) in [5, 5.41) is 20.9. The lowest BCUT2D eigenvalue weighted by Gasteiger charge is -2.60. The number of ketones is 2. The van der Waals surface area contributed by atoms with Crippen LogP contribution in [0.4, 0.5) is 0 Å². The second-order valence-corrected chi connectivity index (χ2v) is 9.73. The van der Waals surface area contributed by atoms with Crippen molar-refractivity contribution in [2.24, 2.45) is 28.6 Å². The lowest BCUT2D eigenvalue weighted by Crippen LogP contribution is -2.62. The maximum absolute atomic E-state index is 12.7. The molecule has 4 aliphatic rings. The normalized spacial score (nSPS) is 49.1. The van der Waals surface area contributed by atoms with Crippen LogP contribution in [0.3, 0.4) is 0 Å². The standard InChI is InChI=1S/C22H32O5/c1-20-8-6-14(24)10-13(20)4-5-15-16-7-9-22(27-3,18(26)12-23)21(16,2)11-17(25)19(15)20/h10,15-17,19,23,25H,4-9,11-12H2,1-3H3. The summed E-state index contributed by atoms with van der Waals surface area (Å²) >= 11 is 0. The van der Waals surface area contributed by atoms with Gasteiger partial charge in [-0.05, 0) is 67.8 Å². The number of carbonyl (C=O) groups is 2. The molecule has 5 heteroatoms. The molecular weight excluding hydrogens is 344 g/mol. The number of aliphatic hydroxyl groups is 2. The van der Waals surface area contributed by atoms with Crippen LogP contribution in [0.25, 0.3) is 0 Å². The van der Waals surface area contributed by atoms with Crippen LogP contribution in [0.1, 0.15) is 58.8 Å². The van der Waals surface area contributed by atoms with E-state index in [0.717, 1.165) is 25.7 Å². The van der Waals surface area contributed by atoms with Gasteiger partial charge >= 0.3 is 0 Å². The van der Waals surface area contributed by atoms with Crippen LogP contribution in [0.15, 0.2) is 11.6 Å². The quantitative estimate of drug-likeness (QED) is 0.790. The highest BCUT2D eigenvalue weighted by Crippen LogP contribution is 2.68. The molecule has 0 aromatic heterocycles. The van der Waals surface area contributed by atoms with Crippen molar-refractivity contribution in [3.63, 3.8) is 0 Å². The van der Waals surface area contributed by atoms with Crippen LogP contribution in [-0.4, -0.2) is 47.2 Å². The Hall–Kier alpha value is -1.04. The van der Waals surface area contributed by atoms with E-state index < -0.39 is 23.7 Å². The first-order chi connectivity index (χ1) is 12.7. The number of aliphatic hydroxyl groups excluding tert-OH is 2. The maximum atomic E-state index is 12.7. The summed E-state index contributed by atoms with van der Waals surface area (Å²) in [6, 6.07) is 0. The van der Waals surface area contributed by atoms with E-state index in [1.807, 2.05) is 6.08 Å². The molecule has 0 aromatic rings. The van der Waals surface area contributed by atoms with Crippen LogP contribution >= 0.6 is 0 Å². The molecule has 0 aromatic carbocycles. The van der Waals surface area contributed by atoms with Gasteiger partial charge in [0.25, 0.3) is 0 Å². The number of ether oxygens (including phenoxy) is 1. The molecule has 0 bridgehead atoms. The van der Waals surface area contributed by atoms with E-state index in [-0.39, 0.29) is 28.8 Å². The first-order valence-electron chi connectivity index (χ1n) is 10.3. The van der Waals surface area contributed by atoms with Crippen LogP contribution < -0.4 is 0 Å². The summed E-state index contributed by atoms with van der Waals surface area (Å²) in [5.74, 6) is 0.686. The van der Waals surface area contributed by atoms with Gasteiger partial charge in [-0.3, -0.25) is 9.59 Å². The van der Waals surface area contributed by atoms with Gasteiger partial charge < -0.3 is 14.9 Å². The van der Waals surface area contributed by atoms with Crippen molar-refractivity contribution in [3.8, 4) is 0 Å². The smallest absolute Gasteiger partial charge is 0.190 e. The zero-order valence-corrected chi connectivity index (χ0v) is 16.7. The molecule has 0 spiro atoms. The van der Waals surface area contributed by atoms with Crippen molar-refractivity contribution in [1.82, 2.24) is 0 Å². The third-order valence-corrected chi connectivity index (χ3v) is 8.96. The molecule has 0 saturated heterocycles. The number of Topliss-reactive ketones (excluding diaryl/α,β-unsaturated/α-hetero) is 1. The molecule has 3 fully saturated rings. The van der Waals surface area contributed by atoms with Gasteiger partial charge in [-0.2, -0.15) is 0 Å². The summed E-state index contributed by atoms with van der Waals surface area (Å²) in [6.45, 7) is 3.79. The number of allylic oxidation sites excluding steroid dienone is 1. The Kier molecular flexibility index (Phi) is 4.45. The number of rotatable bonds is 3. The van der Waals surface area contributed by atoms with Crippen molar-refractivity contribution >= 4 is 11.6 Å². The minimum Gasteiger partial charge on any atom is -0.393 e. The molecule has 27 heavy (non-hydrogen) atoms. The second-order valence-electron chi connectivity index (χ2n) is 9.73. The van der Waals surface area contributed by atoms with Crippen LogP contribution in [-0.2, 0) is 14.3 Å². The zero-order chi connectivity index (χ0) is 19.6. The lowest BCUT2D eigenvalue weighted by atomic mass is 9.45. The van der Waals surface area contributed by atoms with E-state index >= 15 is 0 Å². The summed E-state index contributed by atoms with van der Waals surface area (Å²) < 4.78 is 5.82. The number of carbonyl (C=O) groups excluding carboxylic acids is 2. The number of fused-ring (bicyclic) bond motifs is 5. The summed E-state index contributed by atoms with van der Waals surface area (Å²) in [7, 11) is 1.56. The minimum atomic E-state index is -1.00. The van der Waals surface area contributed by atoms with Gasteiger partial charge in [0, 0.05) is 18.9 Å². The molecule has 7 unspecified atom stereocenters. The zero-order valence-electron chi connectivity index (χ0n) is 16.7. The summed E-state index contributed by atoms with van der Waals surface area (Å²) in [4.78, 5) is 24.7. The van der Waals surface area contributed by atoms with E-state index in [0.29, 0.717) is 25.2 Å². The average molecular weight is 376 g/mol. The molecule has 0 aliphatic heterocycles. The fourth-order valence-electron chi connectivity index (χ4n) is 7.71. The van der Waals surface area contributed by atoms with E-state index in [9.17, 15) is 19.8 Å². The van der Waals surface area contributed by atoms with Crippen LogP contribution in [0.5, 0.6) is 0 Å². The Bertz CT molecular complexity index is 699. The minimum absolute atomic E-state index is 0.126. The Morgan fingerprint density at radius 2 is 2.00 bits per heavy atom. The third-order valence-electron chi connectivity index (χ3n) is 8.96. The van der Waals surface area contributed by atoms with Crippen LogP contribution in [0, 0.1) is 28.6 Å². The molecule has 2 N–H and O–H groups in total. The van der Waals surface area contributed by atoms with Gasteiger partial charge in [0.05, 0.1) is 6.10 Å². The predicted octanol–water partition coefficient (Wildman–Crippen LogP) is 2.44. The monoisotopic (exact) mass is 376 g/mol. The van der Waals surface area contributed by atoms with Gasteiger partial charge in [0.1, 0.15) is 12.2 Å². The molecule has 4 rings (SSSR count). The predicted molar refractivity (Wildman–Crippen MR) is 99.9 cm³/mol. The SMILES string of the molecule is COC1(C(=O)CO)CCC2C3CCC4=CC(=O)CCC4(C)C3C(O)CC21C. The number of hydrogen-bond donors (Lipinski definition) is 2. The molecule has 0 heterocycles. The molecule has 0 radical (unpaired) electrons. The van der Waals surface area contributed by atoms with Gasteiger partial charge in [0.15, 0.2) is 11.6 Å². The number of methoxy groups -OCH3 is 1. The molecule has 7 atom stereocenters. The second kappa shape index (κ2) is 6.23. The molecule has 3 saturated carbocycles. The van der Waals surface area contributed by atoms with Gasteiger partial charge in [-0.1, -0.05) is 19.4 Å². The molecule has 150 valence electrons. The van der Waals surface area contributed by atoms with Gasteiger partial charge in [-0.25, -0.2) is 0 Å². The highest BCUT2D eigenvalue weighted by molar-refractivity contribution is 5.92. The molecule has 0 amide bonds. The average Bonchev–Trinajstić information content (AvgIpc) is 2.94. The van der Waals surface area contributed by atoms with Crippen molar-refractivity contribution < 1.29 is 24.5 Å². The Morgan fingerprint density at radius 1 is 1.26 bits per heavy atom. The van der Waals surface area contributed by atoms with Gasteiger partial charge in [0.2, 0.25) is 0 Å². The highest BCUT2D eigenvalue weighted by atomic mass is 16.5. The Labute approximate surface area is 161 Å². The van der Waals surface area contributed by atoms with E-state index in [2.05, 4.69) is 13.8 Å². The first kappa shape index (κ1) is 19.3. The highest BCUT2D eigenvalue weighted by Gasteiger charge is 2.68. The lowest BCUT2D eigenvalue weighted by molar-refractivity contribution is -0.189. The Morgan fingerprint density at radius 3 is 2.67 bits per heavy atom. The third kappa shape index (κ3) is 2.34.